The molecule has 0 aliphatic carbocycles. The Balaban J connectivity index is 1.88. The van der Waals surface area contributed by atoms with Gasteiger partial charge in [-0.3, -0.25) is 4.79 Å². The molecule has 0 aromatic heterocycles. The Labute approximate surface area is 143 Å². The van der Waals surface area contributed by atoms with Crippen molar-refractivity contribution < 1.29 is 14.6 Å². The van der Waals surface area contributed by atoms with Gasteiger partial charge in [-0.15, -0.1) is 0 Å². The molecule has 128 valence electrons. The summed E-state index contributed by atoms with van der Waals surface area (Å²) in [7, 11) is 0. The van der Waals surface area contributed by atoms with Gasteiger partial charge in [-0.2, -0.15) is 0 Å². The van der Waals surface area contributed by atoms with E-state index in [0.29, 0.717) is 19.6 Å². The number of carboxylic acid groups (broad SMARTS) is 1. The van der Waals surface area contributed by atoms with Crippen molar-refractivity contribution in [3.05, 3.63) is 65.7 Å². The van der Waals surface area contributed by atoms with Crippen LogP contribution in [-0.2, 0) is 17.9 Å². The highest BCUT2D eigenvalue weighted by molar-refractivity contribution is 5.73. The van der Waals surface area contributed by atoms with Crippen molar-refractivity contribution in [2.24, 2.45) is 0 Å². The van der Waals surface area contributed by atoms with Gasteiger partial charge in [0, 0.05) is 6.54 Å². The first kappa shape index (κ1) is 18.0. The minimum absolute atomic E-state index is 0.501. The monoisotopic (exact) mass is 327 g/mol. The molecule has 0 saturated carbocycles. The highest BCUT2D eigenvalue weighted by Gasteiger charge is 2.15. The molecule has 0 bridgehead atoms. The van der Waals surface area contributed by atoms with E-state index in [4.69, 9.17) is 4.74 Å². The maximum Gasteiger partial charge on any atom is 0.320 e. The summed E-state index contributed by atoms with van der Waals surface area (Å²) >= 11 is 0. The summed E-state index contributed by atoms with van der Waals surface area (Å²) in [6.07, 6.45) is 2.55. The molecule has 2 N–H and O–H groups in total. The average Bonchev–Trinajstić information content (AvgIpc) is 2.61. The Morgan fingerprint density at radius 2 is 1.88 bits per heavy atom. The largest absolute Gasteiger partial charge is 0.489 e. The van der Waals surface area contributed by atoms with Crippen molar-refractivity contribution in [1.29, 1.82) is 0 Å². The molecule has 0 spiro atoms. The summed E-state index contributed by atoms with van der Waals surface area (Å²) in [6, 6.07) is 17.3. The minimum atomic E-state index is -0.792. The normalized spacial score (nSPS) is 11.9. The fourth-order valence-corrected chi connectivity index (χ4v) is 2.45. The number of aliphatic carboxylic acids is 1. The predicted octanol–water partition coefficient (Wildman–Crippen LogP) is 4.00. The van der Waals surface area contributed by atoms with E-state index in [1.807, 2.05) is 54.6 Å². The molecule has 4 heteroatoms. The summed E-state index contributed by atoms with van der Waals surface area (Å²) in [5, 5.41) is 12.4. The third-order valence-electron chi connectivity index (χ3n) is 3.84. The van der Waals surface area contributed by atoms with E-state index < -0.39 is 12.0 Å². The molecule has 0 aliphatic heterocycles. The fraction of sp³-hybridized carbons (Fsp3) is 0.350. The van der Waals surface area contributed by atoms with E-state index in [0.717, 1.165) is 29.7 Å². The lowest BCUT2D eigenvalue weighted by atomic mass is 10.1. The fourth-order valence-electron chi connectivity index (χ4n) is 2.45. The zero-order valence-corrected chi connectivity index (χ0v) is 14.1. The Kier molecular flexibility index (Phi) is 7.30. The third kappa shape index (κ3) is 6.05. The summed E-state index contributed by atoms with van der Waals surface area (Å²) in [4.78, 5) is 11.3. The number of carbonyl (C=O) groups is 1. The van der Waals surface area contributed by atoms with Crippen LogP contribution in [0, 0.1) is 0 Å². The SMILES string of the molecule is CCCCC(NCc1cccc(OCc2ccccc2)c1)C(=O)O. The van der Waals surface area contributed by atoms with Crippen molar-refractivity contribution in [2.45, 2.75) is 45.4 Å². The zero-order chi connectivity index (χ0) is 17.2. The summed E-state index contributed by atoms with van der Waals surface area (Å²) in [5.74, 6) is -0.00137. The molecular formula is C20H25NO3. The molecular weight excluding hydrogens is 302 g/mol. The van der Waals surface area contributed by atoms with Crippen LogP contribution in [0.2, 0.25) is 0 Å². The van der Waals surface area contributed by atoms with Crippen LogP contribution in [-0.4, -0.2) is 17.1 Å². The number of unbranched alkanes of at least 4 members (excludes halogenated alkanes) is 1. The molecule has 2 aromatic carbocycles. The number of rotatable bonds is 10. The first-order valence-corrected chi connectivity index (χ1v) is 8.41. The van der Waals surface area contributed by atoms with Gasteiger partial charge in [-0.05, 0) is 29.7 Å². The number of benzene rings is 2. The molecule has 2 aromatic rings. The summed E-state index contributed by atoms with van der Waals surface area (Å²) in [5.41, 5.74) is 2.13. The van der Waals surface area contributed by atoms with Crippen molar-refractivity contribution in [3.63, 3.8) is 0 Å². The van der Waals surface area contributed by atoms with Gasteiger partial charge in [0.2, 0.25) is 0 Å². The molecule has 2 rings (SSSR count). The van der Waals surface area contributed by atoms with Gasteiger partial charge in [0.15, 0.2) is 0 Å². The van der Waals surface area contributed by atoms with Crippen molar-refractivity contribution in [1.82, 2.24) is 5.32 Å². The Hall–Kier alpha value is -2.33. The first-order valence-electron chi connectivity index (χ1n) is 8.41. The van der Waals surface area contributed by atoms with E-state index in [9.17, 15) is 9.90 Å². The van der Waals surface area contributed by atoms with Crippen molar-refractivity contribution >= 4 is 5.97 Å². The van der Waals surface area contributed by atoms with Gasteiger partial charge >= 0.3 is 5.97 Å². The molecule has 1 atom stereocenters. The van der Waals surface area contributed by atoms with Crippen molar-refractivity contribution in [3.8, 4) is 5.75 Å². The molecule has 4 nitrogen and oxygen atoms in total. The second kappa shape index (κ2) is 9.73. The predicted molar refractivity (Wildman–Crippen MR) is 95.0 cm³/mol. The van der Waals surface area contributed by atoms with Crippen LogP contribution in [0.1, 0.15) is 37.3 Å². The number of ether oxygens (including phenoxy) is 1. The lowest BCUT2D eigenvalue weighted by molar-refractivity contribution is -0.139. The Morgan fingerprint density at radius 3 is 2.58 bits per heavy atom. The number of hydrogen-bond acceptors (Lipinski definition) is 3. The Bertz CT molecular complexity index is 628. The molecule has 0 heterocycles. The third-order valence-corrected chi connectivity index (χ3v) is 3.84. The second-order valence-corrected chi connectivity index (χ2v) is 5.84. The van der Waals surface area contributed by atoms with Gasteiger partial charge in [0.25, 0.3) is 0 Å². The van der Waals surface area contributed by atoms with E-state index in [2.05, 4.69) is 12.2 Å². The summed E-state index contributed by atoms with van der Waals surface area (Å²) in [6.45, 7) is 3.10. The van der Waals surface area contributed by atoms with Crippen LogP contribution in [0.15, 0.2) is 54.6 Å². The van der Waals surface area contributed by atoms with Gasteiger partial charge < -0.3 is 15.2 Å². The van der Waals surface area contributed by atoms with Gasteiger partial charge in [-0.1, -0.05) is 62.2 Å². The molecule has 0 radical (unpaired) electrons. The lowest BCUT2D eigenvalue weighted by Gasteiger charge is -2.14. The zero-order valence-electron chi connectivity index (χ0n) is 14.1. The average molecular weight is 327 g/mol. The lowest BCUT2D eigenvalue weighted by Crippen LogP contribution is -2.36. The van der Waals surface area contributed by atoms with Gasteiger partial charge in [0.05, 0.1) is 0 Å². The van der Waals surface area contributed by atoms with Crippen LogP contribution in [0.5, 0.6) is 5.75 Å². The quantitative estimate of drug-likeness (QED) is 0.692. The maximum absolute atomic E-state index is 11.3. The molecule has 24 heavy (non-hydrogen) atoms. The number of carboxylic acids is 1. The van der Waals surface area contributed by atoms with Crippen LogP contribution >= 0.6 is 0 Å². The first-order chi connectivity index (χ1) is 11.7. The second-order valence-electron chi connectivity index (χ2n) is 5.84. The molecule has 1 unspecified atom stereocenters. The van der Waals surface area contributed by atoms with Crippen LogP contribution < -0.4 is 10.1 Å². The molecule has 0 amide bonds. The molecule has 0 saturated heterocycles. The number of hydrogen-bond donors (Lipinski definition) is 2. The van der Waals surface area contributed by atoms with Crippen molar-refractivity contribution in [2.75, 3.05) is 0 Å². The van der Waals surface area contributed by atoms with Crippen LogP contribution in [0.25, 0.3) is 0 Å². The van der Waals surface area contributed by atoms with E-state index in [-0.39, 0.29) is 0 Å². The van der Waals surface area contributed by atoms with Crippen LogP contribution in [0.4, 0.5) is 0 Å². The number of nitrogens with one attached hydrogen (secondary N) is 1. The van der Waals surface area contributed by atoms with E-state index in [1.54, 1.807) is 0 Å². The van der Waals surface area contributed by atoms with E-state index in [1.165, 1.54) is 0 Å². The molecule has 0 aliphatic rings. The smallest absolute Gasteiger partial charge is 0.320 e. The van der Waals surface area contributed by atoms with Gasteiger partial charge in [0.1, 0.15) is 18.4 Å². The highest BCUT2D eigenvalue weighted by Crippen LogP contribution is 2.15. The standard InChI is InChI=1S/C20H25NO3/c1-2-3-12-19(20(22)23)21-14-17-10-7-11-18(13-17)24-15-16-8-5-4-6-9-16/h4-11,13,19,21H,2-3,12,14-15H2,1H3,(H,22,23). The van der Waals surface area contributed by atoms with Gasteiger partial charge in [-0.25, -0.2) is 0 Å². The minimum Gasteiger partial charge on any atom is -0.489 e. The highest BCUT2D eigenvalue weighted by atomic mass is 16.5. The Morgan fingerprint density at radius 1 is 1.12 bits per heavy atom. The molecule has 0 fully saturated rings. The summed E-state index contributed by atoms with van der Waals surface area (Å²) < 4.78 is 5.81. The topological polar surface area (TPSA) is 58.6 Å². The van der Waals surface area contributed by atoms with Crippen LogP contribution in [0.3, 0.4) is 0 Å². The maximum atomic E-state index is 11.3. The van der Waals surface area contributed by atoms with E-state index >= 15 is 0 Å².